The van der Waals surface area contributed by atoms with Crippen molar-refractivity contribution >= 4 is 6.29 Å². The van der Waals surface area contributed by atoms with Crippen molar-refractivity contribution in [3.63, 3.8) is 0 Å². The second kappa shape index (κ2) is 3.85. The molecule has 0 N–H and O–H groups in total. The van der Waals surface area contributed by atoms with E-state index in [0.29, 0.717) is 23.7 Å². The molecular weight excluding hydrogens is 154 g/mol. The fraction of sp³-hybridized carbons (Fsp3) is 0.333. The fourth-order valence-corrected chi connectivity index (χ4v) is 0.902. The molecule has 64 valence electrons. The molecule has 0 aliphatic carbocycles. The predicted molar refractivity (Wildman–Crippen MR) is 45.5 cm³/mol. The van der Waals surface area contributed by atoms with Crippen molar-refractivity contribution in [2.75, 3.05) is 6.61 Å². The van der Waals surface area contributed by atoms with Gasteiger partial charge in [0.05, 0.1) is 12.3 Å². The van der Waals surface area contributed by atoms with Crippen LogP contribution in [0.25, 0.3) is 0 Å². The molecule has 0 amide bonds. The maximum absolute atomic E-state index is 10.4. The van der Waals surface area contributed by atoms with Crippen LogP contribution < -0.4 is 4.74 Å². The van der Waals surface area contributed by atoms with Crippen LogP contribution in [0.15, 0.2) is 12.1 Å². The van der Waals surface area contributed by atoms with Gasteiger partial charge in [0.25, 0.3) is 0 Å². The van der Waals surface area contributed by atoms with Crippen LogP contribution in [0.4, 0.5) is 0 Å². The van der Waals surface area contributed by atoms with Gasteiger partial charge in [-0.3, -0.25) is 4.79 Å². The molecule has 0 saturated carbocycles. The van der Waals surface area contributed by atoms with E-state index in [1.54, 1.807) is 19.1 Å². The summed E-state index contributed by atoms with van der Waals surface area (Å²) in [5, 5.41) is 0. The number of ether oxygens (including phenoxy) is 1. The molecule has 0 spiro atoms. The Bertz CT molecular complexity index is 284. The Kier molecular flexibility index (Phi) is 2.80. The molecule has 0 saturated heterocycles. The third-order valence-electron chi connectivity index (χ3n) is 1.52. The van der Waals surface area contributed by atoms with Gasteiger partial charge in [-0.25, -0.2) is 4.98 Å². The first kappa shape index (κ1) is 8.71. The number of carbonyl (C=O) groups excluding carboxylic acids is 1. The van der Waals surface area contributed by atoms with Gasteiger partial charge < -0.3 is 4.74 Å². The van der Waals surface area contributed by atoms with E-state index in [9.17, 15) is 4.79 Å². The number of carbonyl (C=O) groups is 1. The number of rotatable bonds is 3. The van der Waals surface area contributed by atoms with Gasteiger partial charge in [0, 0.05) is 11.6 Å². The first-order chi connectivity index (χ1) is 5.77. The molecule has 3 heteroatoms. The highest BCUT2D eigenvalue weighted by molar-refractivity contribution is 5.76. The van der Waals surface area contributed by atoms with Crippen molar-refractivity contribution in [1.82, 2.24) is 4.98 Å². The highest BCUT2D eigenvalue weighted by Crippen LogP contribution is 2.10. The predicted octanol–water partition coefficient (Wildman–Crippen LogP) is 1.60. The highest BCUT2D eigenvalue weighted by Gasteiger charge is 1.99. The van der Waals surface area contributed by atoms with Crippen molar-refractivity contribution in [3.05, 3.63) is 23.4 Å². The Morgan fingerprint density at radius 2 is 2.33 bits per heavy atom. The number of hydrogen-bond acceptors (Lipinski definition) is 3. The summed E-state index contributed by atoms with van der Waals surface area (Å²) < 4.78 is 5.16. The third-order valence-corrected chi connectivity index (χ3v) is 1.52. The second-order valence-electron chi connectivity index (χ2n) is 2.37. The largest absolute Gasteiger partial charge is 0.478 e. The number of aldehydes is 1. The lowest BCUT2D eigenvalue weighted by Gasteiger charge is -2.03. The lowest BCUT2D eigenvalue weighted by molar-refractivity contribution is 0.112. The normalized spacial score (nSPS) is 9.50. The summed E-state index contributed by atoms with van der Waals surface area (Å²) in [5.74, 6) is 0.570. The van der Waals surface area contributed by atoms with Crippen LogP contribution in [0.3, 0.4) is 0 Å². The van der Waals surface area contributed by atoms with Crippen LogP contribution in [-0.4, -0.2) is 17.9 Å². The van der Waals surface area contributed by atoms with Crippen LogP contribution in [0, 0.1) is 6.92 Å². The fourth-order valence-electron chi connectivity index (χ4n) is 0.902. The van der Waals surface area contributed by atoms with E-state index < -0.39 is 0 Å². The topological polar surface area (TPSA) is 39.2 Å². The molecule has 0 radical (unpaired) electrons. The van der Waals surface area contributed by atoms with Gasteiger partial charge in [-0.05, 0) is 19.9 Å². The van der Waals surface area contributed by atoms with Crippen LogP contribution in [0.1, 0.15) is 23.0 Å². The molecule has 1 rings (SSSR count). The van der Waals surface area contributed by atoms with Gasteiger partial charge in [0.1, 0.15) is 0 Å². The standard InChI is InChI=1S/C9H11NO2/c1-3-12-9-5-4-8(6-11)7(2)10-9/h4-6H,3H2,1-2H3. The summed E-state index contributed by atoms with van der Waals surface area (Å²) in [4.78, 5) is 14.5. The van der Waals surface area contributed by atoms with Crippen molar-refractivity contribution in [2.24, 2.45) is 0 Å². The van der Waals surface area contributed by atoms with Gasteiger partial charge >= 0.3 is 0 Å². The number of pyridine rings is 1. The summed E-state index contributed by atoms with van der Waals surface area (Å²) in [7, 11) is 0. The summed E-state index contributed by atoms with van der Waals surface area (Å²) in [6, 6.07) is 3.40. The lowest BCUT2D eigenvalue weighted by atomic mass is 10.2. The molecule has 0 unspecified atom stereocenters. The lowest BCUT2D eigenvalue weighted by Crippen LogP contribution is -1.97. The molecule has 0 atom stereocenters. The van der Waals surface area contributed by atoms with Gasteiger partial charge in [-0.15, -0.1) is 0 Å². The zero-order valence-corrected chi connectivity index (χ0v) is 7.20. The number of hydrogen-bond donors (Lipinski definition) is 0. The van der Waals surface area contributed by atoms with Crippen LogP contribution in [0.2, 0.25) is 0 Å². The second-order valence-corrected chi connectivity index (χ2v) is 2.37. The van der Waals surface area contributed by atoms with E-state index in [-0.39, 0.29) is 0 Å². The minimum atomic E-state index is 0.570. The minimum absolute atomic E-state index is 0.570. The van der Waals surface area contributed by atoms with E-state index in [4.69, 9.17) is 4.74 Å². The summed E-state index contributed by atoms with van der Waals surface area (Å²) in [6.45, 7) is 4.27. The Morgan fingerprint density at radius 3 is 2.83 bits per heavy atom. The van der Waals surface area contributed by atoms with Gasteiger partial charge in [0.15, 0.2) is 6.29 Å². The Balaban J connectivity index is 2.93. The monoisotopic (exact) mass is 165 g/mol. The van der Waals surface area contributed by atoms with Gasteiger partial charge in [-0.1, -0.05) is 0 Å². The molecule has 0 bridgehead atoms. The SMILES string of the molecule is CCOc1ccc(C=O)c(C)n1. The first-order valence-electron chi connectivity index (χ1n) is 3.83. The van der Waals surface area contributed by atoms with Gasteiger partial charge in [0.2, 0.25) is 5.88 Å². The van der Waals surface area contributed by atoms with E-state index in [1.807, 2.05) is 6.92 Å². The molecule has 1 heterocycles. The molecule has 1 aromatic heterocycles. The molecule has 0 aliphatic rings. The number of aryl methyl sites for hydroxylation is 1. The Hall–Kier alpha value is -1.38. The zero-order valence-electron chi connectivity index (χ0n) is 7.20. The maximum Gasteiger partial charge on any atom is 0.213 e. The smallest absolute Gasteiger partial charge is 0.213 e. The van der Waals surface area contributed by atoms with Crippen molar-refractivity contribution < 1.29 is 9.53 Å². The van der Waals surface area contributed by atoms with Crippen LogP contribution in [0.5, 0.6) is 5.88 Å². The molecule has 1 aromatic rings. The van der Waals surface area contributed by atoms with Crippen LogP contribution >= 0.6 is 0 Å². The van der Waals surface area contributed by atoms with Crippen LogP contribution in [-0.2, 0) is 0 Å². The highest BCUT2D eigenvalue weighted by atomic mass is 16.5. The van der Waals surface area contributed by atoms with E-state index >= 15 is 0 Å². The molecular formula is C9H11NO2. The Morgan fingerprint density at radius 1 is 1.58 bits per heavy atom. The van der Waals surface area contributed by atoms with Crippen molar-refractivity contribution in [2.45, 2.75) is 13.8 Å². The number of aromatic nitrogens is 1. The van der Waals surface area contributed by atoms with E-state index in [1.165, 1.54) is 0 Å². The molecule has 0 aromatic carbocycles. The average Bonchev–Trinajstić information content (AvgIpc) is 2.05. The number of nitrogens with zero attached hydrogens (tertiary/aromatic N) is 1. The van der Waals surface area contributed by atoms with E-state index in [0.717, 1.165) is 6.29 Å². The summed E-state index contributed by atoms with van der Waals surface area (Å²) in [5.41, 5.74) is 1.31. The Labute approximate surface area is 71.4 Å². The third kappa shape index (κ3) is 1.81. The van der Waals surface area contributed by atoms with E-state index in [2.05, 4.69) is 4.98 Å². The summed E-state index contributed by atoms with van der Waals surface area (Å²) >= 11 is 0. The van der Waals surface area contributed by atoms with Crippen molar-refractivity contribution in [3.8, 4) is 5.88 Å². The molecule has 0 fully saturated rings. The van der Waals surface area contributed by atoms with Gasteiger partial charge in [-0.2, -0.15) is 0 Å². The average molecular weight is 165 g/mol. The molecule has 12 heavy (non-hydrogen) atoms. The molecule has 0 aliphatic heterocycles. The minimum Gasteiger partial charge on any atom is -0.478 e. The quantitative estimate of drug-likeness (QED) is 0.638. The summed E-state index contributed by atoms with van der Waals surface area (Å²) in [6.07, 6.45) is 0.790. The maximum atomic E-state index is 10.4. The zero-order chi connectivity index (χ0) is 8.97. The first-order valence-corrected chi connectivity index (χ1v) is 3.83. The molecule has 3 nitrogen and oxygen atoms in total. The van der Waals surface area contributed by atoms with Crippen molar-refractivity contribution in [1.29, 1.82) is 0 Å².